The molecule has 6 heteroatoms. The minimum Gasteiger partial charge on any atom is -0.378 e. The van der Waals surface area contributed by atoms with Crippen molar-refractivity contribution in [2.24, 2.45) is 11.7 Å². The van der Waals surface area contributed by atoms with Crippen molar-refractivity contribution in [3.05, 3.63) is 29.6 Å². The minimum atomic E-state index is -0.458. The Balaban J connectivity index is 1.60. The van der Waals surface area contributed by atoms with E-state index in [0.29, 0.717) is 19.0 Å². The number of halogens is 1. The monoisotopic (exact) mass is 349 g/mol. The fourth-order valence-corrected chi connectivity index (χ4v) is 3.78. The lowest BCUT2D eigenvalue weighted by atomic mass is 9.86. The number of anilines is 1. The number of rotatable bonds is 3. The molecule has 5 nitrogen and oxygen atoms in total. The van der Waals surface area contributed by atoms with Crippen molar-refractivity contribution in [1.82, 2.24) is 4.90 Å². The van der Waals surface area contributed by atoms with Crippen LogP contribution in [0.1, 0.15) is 36.0 Å². The van der Waals surface area contributed by atoms with Crippen LogP contribution in [0.4, 0.5) is 10.1 Å². The van der Waals surface area contributed by atoms with Crippen LogP contribution < -0.4 is 10.6 Å². The van der Waals surface area contributed by atoms with E-state index in [-0.39, 0.29) is 23.6 Å². The topological polar surface area (TPSA) is 58.8 Å². The summed E-state index contributed by atoms with van der Waals surface area (Å²) >= 11 is 0. The average molecular weight is 349 g/mol. The van der Waals surface area contributed by atoms with Gasteiger partial charge in [-0.05, 0) is 49.8 Å². The maximum absolute atomic E-state index is 14.3. The predicted molar refractivity (Wildman–Crippen MR) is 96.3 cm³/mol. The van der Waals surface area contributed by atoms with Gasteiger partial charge in [0, 0.05) is 45.5 Å². The quantitative estimate of drug-likeness (QED) is 0.909. The zero-order valence-electron chi connectivity index (χ0n) is 15.1. The molecule has 3 rings (SSSR count). The number of hydrogen-bond donors (Lipinski definition) is 1. The van der Waals surface area contributed by atoms with Gasteiger partial charge < -0.3 is 20.3 Å². The van der Waals surface area contributed by atoms with Crippen molar-refractivity contribution in [2.75, 3.05) is 38.7 Å². The first kappa shape index (κ1) is 18.1. The van der Waals surface area contributed by atoms with Crippen LogP contribution in [0.3, 0.4) is 0 Å². The van der Waals surface area contributed by atoms with Gasteiger partial charge in [-0.15, -0.1) is 0 Å². The highest BCUT2D eigenvalue weighted by Gasteiger charge is 2.32. The molecule has 2 heterocycles. The predicted octanol–water partition coefficient (Wildman–Crippen LogP) is 2.25. The Morgan fingerprint density at radius 1 is 1.28 bits per heavy atom. The number of nitrogens with zero attached hydrogens (tertiary/aromatic N) is 2. The highest BCUT2D eigenvalue weighted by Crippen LogP contribution is 2.29. The molecular formula is C19H28FN3O2. The van der Waals surface area contributed by atoms with Crippen LogP contribution in [-0.4, -0.2) is 56.7 Å². The third-order valence-corrected chi connectivity index (χ3v) is 5.41. The SMILES string of the molecule is CN(C)c1ccc(C(=O)N2CCC(C3CC(N)CCO3)CC2)c(F)c1. The lowest BCUT2D eigenvalue weighted by Crippen LogP contribution is -2.45. The Kier molecular flexibility index (Phi) is 5.59. The smallest absolute Gasteiger partial charge is 0.256 e. The van der Waals surface area contributed by atoms with Crippen LogP contribution in [0.15, 0.2) is 18.2 Å². The van der Waals surface area contributed by atoms with E-state index in [0.717, 1.165) is 38.0 Å². The molecule has 0 saturated carbocycles. The molecule has 2 aliphatic heterocycles. The summed E-state index contributed by atoms with van der Waals surface area (Å²) in [6.07, 6.45) is 3.81. The Bertz CT molecular complexity index is 615. The van der Waals surface area contributed by atoms with E-state index in [9.17, 15) is 9.18 Å². The standard InChI is InChI=1S/C19H28FN3O2/c1-22(2)15-3-4-16(17(20)12-15)19(24)23-8-5-13(6-9-23)18-11-14(21)7-10-25-18/h3-4,12-14,18H,5-11,21H2,1-2H3. The normalized spacial score (nSPS) is 25.0. The van der Waals surface area contributed by atoms with Crippen molar-refractivity contribution in [1.29, 1.82) is 0 Å². The van der Waals surface area contributed by atoms with Crippen LogP contribution in [0, 0.1) is 11.7 Å². The Hall–Kier alpha value is -1.66. The summed E-state index contributed by atoms with van der Waals surface area (Å²) in [4.78, 5) is 16.2. The van der Waals surface area contributed by atoms with Crippen molar-refractivity contribution >= 4 is 11.6 Å². The Morgan fingerprint density at radius 3 is 2.60 bits per heavy atom. The molecular weight excluding hydrogens is 321 g/mol. The number of piperidine rings is 1. The highest BCUT2D eigenvalue weighted by atomic mass is 19.1. The second kappa shape index (κ2) is 7.70. The van der Waals surface area contributed by atoms with Gasteiger partial charge in [-0.1, -0.05) is 0 Å². The first-order valence-electron chi connectivity index (χ1n) is 9.09. The second-order valence-corrected chi connectivity index (χ2v) is 7.38. The Labute approximate surface area is 148 Å². The number of hydrogen-bond acceptors (Lipinski definition) is 4. The summed E-state index contributed by atoms with van der Waals surface area (Å²) in [7, 11) is 3.69. The van der Waals surface area contributed by atoms with Crippen LogP contribution in [0.25, 0.3) is 0 Å². The summed E-state index contributed by atoms with van der Waals surface area (Å²) in [6, 6.07) is 5.00. The molecule has 0 aliphatic carbocycles. The van der Waals surface area contributed by atoms with Gasteiger partial charge in [0.1, 0.15) is 5.82 Å². The van der Waals surface area contributed by atoms with Crippen LogP contribution >= 0.6 is 0 Å². The average Bonchev–Trinajstić information content (AvgIpc) is 2.61. The minimum absolute atomic E-state index is 0.153. The van der Waals surface area contributed by atoms with Gasteiger partial charge in [0.2, 0.25) is 0 Å². The summed E-state index contributed by atoms with van der Waals surface area (Å²) < 4.78 is 20.2. The van der Waals surface area contributed by atoms with E-state index in [1.54, 1.807) is 17.0 Å². The molecule has 2 N–H and O–H groups in total. The molecule has 2 aliphatic rings. The van der Waals surface area contributed by atoms with Crippen molar-refractivity contribution in [2.45, 2.75) is 37.8 Å². The van der Waals surface area contributed by atoms with Crippen molar-refractivity contribution < 1.29 is 13.9 Å². The molecule has 0 bridgehead atoms. The van der Waals surface area contributed by atoms with E-state index in [2.05, 4.69) is 0 Å². The molecule has 1 amide bonds. The third-order valence-electron chi connectivity index (χ3n) is 5.41. The number of carbonyl (C=O) groups is 1. The van der Waals surface area contributed by atoms with E-state index in [1.807, 2.05) is 19.0 Å². The van der Waals surface area contributed by atoms with Gasteiger partial charge in [0.15, 0.2) is 0 Å². The van der Waals surface area contributed by atoms with Gasteiger partial charge in [0.05, 0.1) is 11.7 Å². The summed E-state index contributed by atoms with van der Waals surface area (Å²) in [5.74, 6) is -0.237. The van der Waals surface area contributed by atoms with Gasteiger partial charge in [-0.2, -0.15) is 0 Å². The van der Waals surface area contributed by atoms with Crippen LogP contribution in [-0.2, 0) is 4.74 Å². The summed E-state index contributed by atoms with van der Waals surface area (Å²) in [5.41, 5.74) is 6.95. The number of likely N-dealkylation sites (tertiary alicyclic amines) is 1. The largest absolute Gasteiger partial charge is 0.378 e. The molecule has 0 spiro atoms. The molecule has 1 aromatic carbocycles. The number of benzene rings is 1. The molecule has 2 unspecified atom stereocenters. The second-order valence-electron chi connectivity index (χ2n) is 7.38. The molecule has 1 aromatic rings. The lowest BCUT2D eigenvalue weighted by molar-refractivity contribution is -0.0420. The fourth-order valence-electron chi connectivity index (χ4n) is 3.78. The molecule has 0 aromatic heterocycles. The van der Waals surface area contributed by atoms with Gasteiger partial charge in [-0.25, -0.2) is 4.39 Å². The maximum Gasteiger partial charge on any atom is 0.256 e. The van der Waals surface area contributed by atoms with Gasteiger partial charge in [-0.3, -0.25) is 4.79 Å². The van der Waals surface area contributed by atoms with Gasteiger partial charge >= 0.3 is 0 Å². The molecule has 2 saturated heterocycles. The Morgan fingerprint density at radius 2 is 2.00 bits per heavy atom. The molecule has 138 valence electrons. The van der Waals surface area contributed by atoms with Gasteiger partial charge in [0.25, 0.3) is 5.91 Å². The van der Waals surface area contributed by atoms with E-state index in [4.69, 9.17) is 10.5 Å². The van der Waals surface area contributed by atoms with E-state index < -0.39 is 5.82 Å². The zero-order valence-corrected chi connectivity index (χ0v) is 15.1. The summed E-state index contributed by atoms with van der Waals surface area (Å²) in [6.45, 7) is 2.02. The molecule has 25 heavy (non-hydrogen) atoms. The van der Waals surface area contributed by atoms with Crippen LogP contribution in [0.2, 0.25) is 0 Å². The fraction of sp³-hybridized carbons (Fsp3) is 0.632. The highest BCUT2D eigenvalue weighted by molar-refractivity contribution is 5.95. The lowest BCUT2D eigenvalue weighted by Gasteiger charge is -2.38. The van der Waals surface area contributed by atoms with Crippen molar-refractivity contribution in [3.63, 3.8) is 0 Å². The summed E-state index contributed by atoms with van der Waals surface area (Å²) in [5, 5.41) is 0. The number of carbonyl (C=O) groups excluding carboxylic acids is 1. The van der Waals surface area contributed by atoms with Crippen LogP contribution in [0.5, 0.6) is 0 Å². The van der Waals surface area contributed by atoms with E-state index in [1.165, 1.54) is 6.07 Å². The maximum atomic E-state index is 14.3. The number of amides is 1. The third kappa shape index (κ3) is 4.12. The van der Waals surface area contributed by atoms with E-state index >= 15 is 0 Å². The molecule has 2 fully saturated rings. The molecule has 2 atom stereocenters. The molecule has 0 radical (unpaired) electrons. The number of nitrogens with two attached hydrogens (primary N) is 1. The van der Waals surface area contributed by atoms with Crippen molar-refractivity contribution in [3.8, 4) is 0 Å². The number of ether oxygens (including phenoxy) is 1. The first-order chi connectivity index (χ1) is 12.0. The zero-order chi connectivity index (χ0) is 18.0. The first-order valence-corrected chi connectivity index (χ1v) is 9.09.